The van der Waals surface area contributed by atoms with E-state index < -0.39 is 10.0 Å². The van der Waals surface area contributed by atoms with Gasteiger partial charge >= 0.3 is 5.97 Å². The molecule has 1 aliphatic heterocycles. The molecule has 1 aromatic carbocycles. The van der Waals surface area contributed by atoms with Crippen molar-refractivity contribution in [2.45, 2.75) is 20.3 Å². The molecule has 1 aromatic rings. The van der Waals surface area contributed by atoms with Crippen molar-refractivity contribution in [3.05, 3.63) is 35.4 Å². The maximum absolute atomic E-state index is 11.6. The maximum atomic E-state index is 11.6. The third kappa shape index (κ3) is 3.80. The number of rotatable bonds is 4. The average molecular weight is 299 g/mol. The monoisotopic (exact) mass is 299 g/mol. The number of benzene rings is 1. The van der Waals surface area contributed by atoms with Crippen LogP contribution >= 0.6 is 0 Å². The van der Waals surface area contributed by atoms with Crippen LogP contribution in [0.3, 0.4) is 0 Å². The molecule has 0 atom stereocenters. The third-order valence-corrected chi connectivity index (χ3v) is 5.18. The van der Waals surface area contributed by atoms with Crippen LogP contribution < -0.4 is 0 Å². The van der Waals surface area contributed by atoms with Crippen LogP contribution in [0.2, 0.25) is 0 Å². The van der Waals surface area contributed by atoms with Crippen LogP contribution in [0, 0.1) is 0 Å². The molecule has 0 spiro atoms. The predicted octanol–water partition coefficient (Wildman–Crippen LogP) is 1.69. The van der Waals surface area contributed by atoms with Crippen molar-refractivity contribution >= 4 is 16.0 Å². The van der Waals surface area contributed by atoms with Gasteiger partial charge in [-0.05, 0) is 30.5 Å². The highest BCUT2D eigenvalue weighted by Gasteiger charge is 2.27. The molecule has 5 nitrogen and oxygen atoms in total. The highest BCUT2D eigenvalue weighted by molar-refractivity contribution is 7.89. The highest BCUT2D eigenvalue weighted by Crippen LogP contribution is 2.14. The van der Waals surface area contributed by atoms with Gasteiger partial charge in [0, 0.05) is 13.1 Å². The van der Waals surface area contributed by atoms with Crippen molar-refractivity contribution in [1.82, 2.24) is 4.31 Å². The van der Waals surface area contributed by atoms with Crippen molar-refractivity contribution in [2.24, 2.45) is 0 Å². The Kier molecular flexibility index (Phi) is 5.71. The molecular weight excluding hydrogens is 278 g/mol. The van der Waals surface area contributed by atoms with E-state index in [4.69, 9.17) is 0 Å². The highest BCUT2D eigenvalue weighted by atomic mass is 32.2. The van der Waals surface area contributed by atoms with Crippen molar-refractivity contribution in [1.29, 1.82) is 0 Å². The van der Waals surface area contributed by atoms with Crippen LogP contribution in [-0.2, 0) is 21.2 Å². The Morgan fingerprint density at radius 3 is 2.45 bits per heavy atom. The minimum Gasteiger partial charge on any atom is -0.465 e. The van der Waals surface area contributed by atoms with E-state index in [1.165, 1.54) is 11.4 Å². The number of hydrogen-bond acceptors (Lipinski definition) is 4. The average Bonchev–Trinajstić information content (AvgIpc) is 2.75. The number of methoxy groups -OCH3 is 1. The molecule has 0 bridgehead atoms. The molecule has 2 rings (SSSR count). The van der Waals surface area contributed by atoms with Crippen LogP contribution in [0.25, 0.3) is 0 Å². The topological polar surface area (TPSA) is 63.7 Å². The number of hydrogen-bond donors (Lipinski definition) is 0. The summed E-state index contributed by atoms with van der Waals surface area (Å²) in [6.07, 6.45) is 1.37. The van der Waals surface area contributed by atoms with Crippen LogP contribution in [-0.4, -0.2) is 44.6 Å². The lowest BCUT2D eigenvalue weighted by Gasteiger charge is -2.13. The van der Waals surface area contributed by atoms with Gasteiger partial charge in [-0.25, -0.2) is 17.5 Å². The molecule has 0 radical (unpaired) electrons. The molecule has 0 aliphatic carbocycles. The fourth-order valence-electron chi connectivity index (χ4n) is 2.12. The second kappa shape index (κ2) is 6.85. The molecule has 0 amide bonds. The first-order valence-electron chi connectivity index (χ1n) is 6.18. The Balaban J connectivity index is 0.00000200. The first kappa shape index (κ1) is 16.7. The molecule has 6 heteroatoms. The zero-order valence-electron chi connectivity index (χ0n) is 10.8. The summed E-state index contributed by atoms with van der Waals surface area (Å²) in [5.41, 5.74) is 1.51. The van der Waals surface area contributed by atoms with Gasteiger partial charge in [-0.3, -0.25) is 0 Å². The van der Waals surface area contributed by atoms with E-state index in [1.54, 1.807) is 12.1 Å². The molecule has 0 aromatic heterocycles. The van der Waals surface area contributed by atoms with Gasteiger partial charge < -0.3 is 4.74 Å². The van der Waals surface area contributed by atoms with Gasteiger partial charge in [0.1, 0.15) is 0 Å². The van der Waals surface area contributed by atoms with E-state index in [1.807, 2.05) is 12.1 Å². The smallest absolute Gasteiger partial charge is 0.337 e. The lowest BCUT2D eigenvalue weighted by atomic mass is 10.1. The maximum Gasteiger partial charge on any atom is 0.337 e. The fourth-order valence-corrected chi connectivity index (χ4v) is 3.65. The van der Waals surface area contributed by atoms with Gasteiger partial charge in [-0.15, -0.1) is 0 Å². The quantitative estimate of drug-likeness (QED) is 0.794. The summed E-state index contributed by atoms with van der Waals surface area (Å²) in [7, 11) is -1.68. The van der Waals surface area contributed by atoms with E-state index in [9.17, 15) is 13.2 Å². The van der Waals surface area contributed by atoms with E-state index in [0.29, 0.717) is 31.5 Å². The van der Waals surface area contributed by atoms with E-state index in [2.05, 4.69) is 4.74 Å². The second-order valence-electron chi connectivity index (χ2n) is 4.51. The number of ether oxygens (including phenoxy) is 1. The van der Waals surface area contributed by atoms with Gasteiger partial charge in [0.15, 0.2) is 0 Å². The summed E-state index contributed by atoms with van der Waals surface area (Å²) < 4.78 is 29.4. The van der Waals surface area contributed by atoms with Gasteiger partial charge in [0.25, 0.3) is 0 Å². The summed E-state index contributed by atoms with van der Waals surface area (Å²) >= 11 is 0. The van der Waals surface area contributed by atoms with Gasteiger partial charge in [-0.2, -0.15) is 0 Å². The summed E-state index contributed by atoms with van der Waals surface area (Å²) in [6, 6.07) is 7.04. The van der Waals surface area contributed by atoms with E-state index in [0.717, 1.165) is 5.56 Å². The normalized spacial score (nSPS) is 17.4. The second-order valence-corrected chi connectivity index (χ2v) is 6.60. The largest absolute Gasteiger partial charge is 0.465 e. The fraction of sp³-hybridized carbons (Fsp3) is 0.500. The van der Waals surface area contributed by atoms with E-state index in [-0.39, 0.29) is 19.1 Å². The van der Waals surface area contributed by atoms with E-state index >= 15 is 0 Å². The predicted molar refractivity (Wildman–Crippen MR) is 78.2 cm³/mol. The molecule has 0 unspecified atom stereocenters. The summed E-state index contributed by atoms with van der Waals surface area (Å²) in [4.78, 5) is 11.3. The Hall–Kier alpha value is -1.40. The standard InChI is InChI=1S/C13H17NO4S.CH4/c1-18-13(15)12-5-3-11(4-6-12)7-9-14-8-2-10-19(14,16)17;/h3-6H,2,7-10H2,1H3;1H4. The Bertz CT molecular complexity index is 551. The Morgan fingerprint density at radius 2 is 1.95 bits per heavy atom. The molecule has 1 heterocycles. The number of nitrogens with zero attached hydrogens (tertiary/aromatic N) is 1. The molecule has 0 N–H and O–H groups in total. The number of carbonyl (C=O) groups excluding carboxylic acids is 1. The van der Waals surface area contributed by atoms with Gasteiger partial charge in [0.2, 0.25) is 10.0 Å². The molecule has 1 aliphatic rings. The number of carbonyl (C=O) groups is 1. The van der Waals surface area contributed by atoms with Crippen LogP contribution in [0.15, 0.2) is 24.3 Å². The third-order valence-electron chi connectivity index (χ3n) is 3.23. The van der Waals surface area contributed by atoms with Crippen molar-refractivity contribution in [3.63, 3.8) is 0 Å². The van der Waals surface area contributed by atoms with Crippen LogP contribution in [0.4, 0.5) is 0 Å². The van der Waals surface area contributed by atoms with Gasteiger partial charge in [0.05, 0.1) is 18.4 Å². The molecule has 1 saturated heterocycles. The molecule has 112 valence electrons. The molecule has 20 heavy (non-hydrogen) atoms. The lowest BCUT2D eigenvalue weighted by molar-refractivity contribution is 0.0600. The van der Waals surface area contributed by atoms with Crippen molar-refractivity contribution < 1.29 is 17.9 Å². The summed E-state index contributed by atoms with van der Waals surface area (Å²) in [6.45, 7) is 1.11. The molecular formula is C14H21NO4S. The van der Waals surface area contributed by atoms with Gasteiger partial charge in [-0.1, -0.05) is 19.6 Å². The van der Waals surface area contributed by atoms with Crippen molar-refractivity contribution in [3.8, 4) is 0 Å². The number of esters is 1. The van der Waals surface area contributed by atoms with Crippen LogP contribution in [0.5, 0.6) is 0 Å². The lowest BCUT2D eigenvalue weighted by Crippen LogP contribution is -2.27. The Morgan fingerprint density at radius 1 is 1.30 bits per heavy atom. The first-order valence-corrected chi connectivity index (χ1v) is 7.79. The first-order chi connectivity index (χ1) is 9.03. The summed E-state index contributed by atoms with van der Waals surface area (Å²) in [5, 5.41) is 0. The Labute approximate surface area is 120 Å². The SMILES string of the molecule is C.COC(=O)c1ccc(CCN2CCCS2(=O)=O)cc1. The summed E-state index contributed by atoms with van der Waals surface area (Å²) in [5.74, 6) is -0.109. The minimum absolute atomic E-state index is 0. The van der Waals surface area contributed by atoms with Crippen molar-refractivity contribution in [2.75, 3.05) is 26.0 Å². The van der Waals surface area contributed by atoms with Crippen LogP contribution in [0.1, 0.15) is 29.8 Å². The number of sulfonamides is 1. The zero-order chi connectivity index (χ0) is 13.9. The molecule has 0 saturated carbocycles. The zero-order valence-corrected chi connectivity index (χ0v) is 11.6. The molecule has 1 fully saturated rings. The minimum atomic E-state index is -3.02.